The van der Waals surface area contributed by atoms with Crippen LogP contribution in [0.4, 0.5) is 5.69 Å². The van der Waals surface area contributed by atoms with Crippen LogP contribution in [0.25, 0.3) is 4.96 Å². The number of rotatable bonds is 4. The number of para-hydroxylation sites is 3. The molecule has 0 bridgehead atoms. The molecule has 0 aliphatic carbocycles. The van der Waals surface area contributed by atoms with Gasteiger partial charge in [-0.05, 0) is 31.2 Å². The molecular formula is C20H15N3O3S. The number of anilines is 1. The molecule has 0 unspecified atom stereocenters. The number of fused-ring (bicyclic) bond motifs is 1. The molecule has 0 saturated carbocycles. The summed E-state index contributed by atoms with van der Waals surface area (Å²) >= 11 is 1.36. The Hall–Kier alpha value is -3.45. The second-order valence-electron chi connectivity index (χ2n) is 5.84. The Balaban J connectivity index is 1.65. The largest absolute Gasteiger partial charge is 0.455 e. The van der Waals surface area contributed by atoms with Gasteiger partial charge in [0, 0.05) is 17.3 Å². The van der Waals surface area contributed by atoms with Crippen molar-refractivity contribution in [1.29, 1.82) is 0 Å². The van der Waals surface area contributed by atoms with Gasteiger partial charge in [-0.25, -0.2) is 4.98 Å². The third kappa shape index (κ3) is 3.32. The number of aromatic nitrogens is 2. The highest BCUT2D eigenvalue weighted by Gasteiger charge is 2.17. The molecule has 134 valence electrons. The van der Waals surface area contributed by atoms with Gasteiger partial charge in [0.15, 0.2) is 10.7 Å². The zero-order valence-electron chi connectivity index (χ0n) is 14.4. The molecule has 0 saturated heterocycles. The molecule has 4 aromatic rings. The maximum atomic E-state index is 12.7. The van der Waals surface area contributed by atoms with Crippen molar-refractivity contribution in [3.8, 4) is 11.5 Å². The summed E-state index contributed by atoms with van der Waals surface area (Å²) in [6, 6.07) is 16.3. The average Bonchev–Trinajstić information content (AvgIpc) is 3.06. The first-order valence-electron chi connectivity index (χ1n) is 8.22. The molecule has 7 heteroatoms. The summed E-state index contributed by atoms with van der Waals surface area (Å²) in [4.78, 5) is 30.1. The smallest absolute Gasteiger partial charge is 0.271 e. The number of amides is 1. The van der Waals surface area contributed by atoms with Crippen LogP contribution >= 0.6 is 11.3 Å². The number of carbonyl (C=O) groups excluding carboxylic acids is 1. The molecule has 0 spiro atoms. The predicted octanol–water partition coefficient (Wildman–Crippen LogP) is 4.11. The molecular weight excluding hydrogens is 362 g/mol. The standard InChI is InChI=1S/C20H15N3O3S/c1-13-12-27-20-21-11-15(19(25)23(13)20)18(24)22-16-9-5-6-10-17(16)26-14-7-3-2-4-8-14/h2-12H,1H3,(H,22,24). The van der Waals surface area contributed by atoms with Gasteiger partial charge in [-0.15, -0.1) is 11.3 Å². The molecule has 1 N–H and O–H groups in total. The Kier molecular flexibility index (Phi) is 4.43. The molecule has 0 fully saturated rings. The fourth-order valence-corrected chi connectivity index (χ4v) is 3.47. The molecule has 0 radical (unpaired) electrons. The van der Waals surface area contributed by atoms with Crippen molar-refractivity contribution < 1.29 is 9.53 Å². The fraction of sp³-hybridized carbons (Fsp3) is 0.0500. The first kappa shape index (κ1) is 17.0. The SMILES string of the molecule is Cc1csc2ncc(C(=O)Nc3ccccc3Oc3ccccc3)c(=O)n12. The van der Waals surface area contributed by atoms with E-state index in [0.717, 1.165) is 5.69 Å². The van der Waals surface area contributed by atoms with Crippen molar-refractivity contribution in [2.24, 2.45) is 0 Å². The minimum absolute atomic E-state index is 0.0245. The molecule has 2 aromatic carbocycles. The van der Waals surface area contributed by atoms with E-state index in [4.69, 9.17) is 4.74 Å². The van der Waals surface area contributed by atoms with Gasteiger partial charge in [-0.1, -0.05) is 30.3 Å². The van der Waals surface area contributed by atoms with Crippen molar-refractivity contribution in [1.82, 2.24) is 9.38 Å². The molecule has 27 heavy (non-hydrogen) atoms. The summed E-state index contributed by atoms with van der Waals surface area (Å²) in [6.07, 6.45) is 1.31. The molecule has 0 aliphatic rings. The summed E-state index contributed by atoms with van der Waals surface area (Å²) in [7, 11) is 0. The van der Waals surface area contributed by atoms with E-state index in [0.29, 0.717) is 22.1 Å². The van der Waals surface area contributed by atoms with Crippen LogP contribution in [0.3, 0.4) is 0 Å². The highest BCUT2D eigenvalue weighted by Crippen LogP contribution is 2.29. The van der Waals surface area contributed by atoms with Crippen LogP contribution in [0.5, 0.6) is 11.5 Å². The lowest BCUT2D eigenvalue weighted by atomic mass is 10.2. The highest BCUT2D eigenvalue weighted by atomic mass is 32.1. The van der Waals surface area contributed by atoms with Gasteiger partial charge >= 0.3 is 0 Å². The van der Waals surface area contributed by atoms with Crippen LogP contribution in [0, 0.1) is 6.92 Å². The second kappa shape index (κ2) is 7.05. The van der Waals surface area contributed by atoms with Crippen LogP contribution in [-0.2, 0) is 0 Å². The number of nitrogens with zero attached hydrogens (tertiary/aromatic N) is 2. The first-order valence-corrected chi connectivity index (χ1v) is 9.10. The van der Waals surface area contributed by atoms with E-state index in [1.165, 1.54) is 21.9 Å². The van der Waals surface area contributed by atoms with Gasteiger partial charge in [0.1, 0.15) is 11.3 Å². The Morgan fingerprint density at radius 2 is 1.85 bits per heavy atom. The van der Waals surface area contributed by atoms with Crippen molar-refractivity contribution in [2.75, 3.05) is 5.32 Å². The van der Waals surface area contributed by atoms with Crippen molar-refractivity contribution in [3.63, 3.8) is 0 Å². The number of ether oxygens (including phenoxy) is 1. The summed E-state index contributed by atoms with van der Waals surface area (Å²) < 4.78 is 7.28. The number of benzene rings is 2. The van der Waals surface area contributed by atoms with Crippen molar-refractivity contribution >= 4 is 27.9 Å². The van der Waals surface area contributed by atoms with E-state index < -0.39 is 11.5 Å². The maximum Gasteiger partial charge on any atom is 0.271 e. The van der Waals surface area contributed by atoms with Gasteiger partial charge < -0.3 is 10.1 Å². The van der Waals surface area contributed by atoms with E-state index in [9.17, 15) is 9.59 Å². The lowest BCUT2D eigenvalue weighted by Gasteiger charge is -2.12. The van der Waals surface area contributed by atoms with Gasteiger partial charge in [-0.3, -0.25) is 14.0 Å². The van der Waals surface area contributed by atoms with Gasteiger partial charge in [0.05, 0.1) is 5.69 Å². The lowest BCUT2D eigenvalue weighted by Crippen LogP contribution is -2.26. The third-order valence-corrected chi connectivity index (χ3v) is 4.93. The second-order valence-corrected chi connectivity index (χ2v) is 6.67. The van der Waals surface area contributed by atoms with Crippen LogP contribution in [-0.4, -0.2) is 15.3 Å². The zero-order valence-corrected chi connectivity index (χ0v) is 15.2. The highest BCUT2D eigenvalue weighted by molar-refractivity contribution is 7.15. The molecule has 2 heterocycles. The van der Waals surface area contributed by atoms with E-state index in [2.05, 4.69) is 10.3 Å². The summed E-state index contributed by atoms with van der Waals surface area (Å²) in [5.41, 5.74) is 0.800. The molecule has 0 aliphatic heterocycles. The number of hydrogen-bond acceptors (Lipinski definition) is 5. The zero-order chi connectivity index (χ0) is 18.8. The Morgan fingerprint density at radius 3 is 2.67 bits per heavy atom. The number of hydrogen-bond donors (Lipinski definition) is 1. The third-order valence-electron chi connectivity index (χ3n) is 3.97. The first-order chi connectivity index (χ1) is 13.1. The number of aryl methyl sites for hydroxylation is 1. The van der Waals surface area contributed by atoms with Crippen LogP contribution in [0.15, 0.2) is 71.0 Å². The van der Waals surface area contributed by atoms with Crippen LogP contribution < -0.4 is 15.6 Å². The summed E-state index contributed by atoms with van der Waals surface area (Å²) in [6.45, 7) is 1.80. The van der Waals surface area contributed by atoms with Gasteiger partial charge in [-0.2, -0.15) is 0 Å². The van der Waals surface area contributed by atoms with Crippen molar-refractivity contribution in [3.05, 3.63) is 87.8 Å². The normalized spacial score (nSPS) is 10.7. The van der Waals surface area contributed by atoms with Crippen LogP contribution in [0.1, 0.15) is 16.1 Å². The predicted molar refractivity (Wildman–Crippen MR) is 105 cm³/mol. The van der Waals surface area contributed by atoms with E-state index in [-0.39, 0.29) is 5.56 Å². The lowest BCUT2D eigenvalue weighted by molar-refractivity contribution is 0.102. The average molecular weight is 377 g/mol. The Bertz CT molecular complexity index is 1180. The molecule has 2 aromatic heterocycles. The molecule has 1 amide bonds. The fourth-order valence-electron chi connectivity index (χ4n) is 2.64. The van der Waals surface area contributed by atoms with E-state index in [1.54, 1.807) is 25.1 Å². The summed E-state index contributed by atoms with van der Waals surface area (Å²) in [5, 5.41) is 4.58. The van der Waals surface area contributed by atoms with Gasteiger partial charge in [0.25, 0.3) is 11.5 Å². The minimum atomic E-state index is -0.531. The minimum Gasteiger partial charge on any atom is -0.455 e. The Morgan fingerprint density at radius 1 is 1.11 bits per heavy atom. The maximum absolute atomic E-state index is 12.7. The molecule has 6 nitrogen and oxygen atoms in total. The van der Waals surface area contributed by atoms with Crippen molar-refractivity contribution in [2.45, 2.75) is 6.92 Å². The quantitative estimate of drug-likeness (QED) is 0.581. The number of thiazole rings is 1. The van der Waals surface area contributed by atoms with Crippen LogP contribution in [0.2, 0.25) is 0 Å². The van der Waals surface area contributed by atoms with E-state index in [1.807, 2.05) is 41.8 Å². The number of nitrogens with one attached hydrogen (secondary N) is 1. The van der Waals surface area contributed by atoms with E-state index >= 15 is 0 Å². The molecule has 4 rings (SSSR count). The topological polar surface area (TPSA) is 72.7 Å². The monoisotopic (exact) mass is 377 g/mol. The number of carbonyl (C=O) groups is 1. The van der Waals surface area contributed by atoms with Gasteiger partial charge in [0.2, 0.25) is 0 Å². The molecule has 0 atom stereocenters. The summed E-state index contributed by atoms with van der Waals surface area (Å²) in [5.74, 6) is 0.603. The Labute approximate surface area is 158 Å².